The lowest BCUT2D eigenvalue weighted by molar-refractivity contribution is -0.121. The lowest BCUT2D eigenvalue weighted by atomic mass is 9.87. The minimum Gasteiger partial charge on any atom is -0.508 e. The van der Waals surface area contributed by atoms with Crippen molar-refractivity contribution >= 4 is 17.5 Å². The summed E-state index contributed by atoms with van der Waals surface area (Å²) in [4.78, 5) is 12.8. The Balaban J connectivity index is 1.83. The minimum absolute atomic E-state index is 0.0837. The van der Waals surface area contributed by atoms with E-state index in [0.717, 1.165) is 11.1 Å². The number of carbonyl (C=O) groups is 1. The number of aromatic hydroxyl groups is 1. The number of hydrogen-bond donors (Lipinski definition) is 2. The van der Waals surface area contributed by atoms with Crippen molar-refractivity contribution in [3.05, 3.63) is 101 Å². The summed E-state index contributed by atoms with van der Waals surface area (Å²) in [7, 11) is 0. The Kier molecular flexibility index (Phi) is 6.15. The van der Waals surface area contributed by atoms with Crippen LogP contribution in [0.5, 0.6) is 5.75 Å². The van der Waals surface area contributed by atoms with Crippen molar-refractivity contribution in [2.45, 2.75) is 25.3 Å². The van der Waals surface area contributed by atoms with Crippen molar-refractivity contribution in [2.24, 2.45) is 0 Å². The highest BCUT2D eigenvalue weighted by Crippen LogP contribution is 2.35. The molecule has 4 heteroatoms. The molecule has 27 heavy (non-hydrogen) atoms. The molecule has 0 aliphatic heterocycles. The summed E-state index contributed by atoms with van der Waals surface area (Å²) >= 11 is 6.14. The molecule has 0 fully saturated rings. The van der Waals surface area contributed by atoms with Crippen LogP contribution in [-0.2, 0) is 4.79 Å². The average Bonchev–Trinajstić information content (AvgIpc) is 2.69. The van der Waals surface area contributed by atoms with E-state index in [0.29, 0.717) is 10.6 Å². The molecule has 0 heterocycles. The maximum atomic E-state index is 12.8. The SMILES string of the molecule is CC(NC(=O)CC(c1ccccc1)c1cc(Cl)ccc1O)c1ccccc1. The summed E-state index contributed by atoms with van der Waals surface area (Å²) in [5.74, 6) is -0.232. The minimum atomic E-state index is -0.284. The first-order chi connectivity index (χ1) is 13.0. The molecular weight excluding hydrogens is 358 g/mol. The van der Waals surface area contributed by atoms with Gasteiger partial charge in [-0.1, -0.05) is 72.3 Å². The van der Waals surface area contributed by atoms with Crippen LogP contribution in [0.4, 0.5) is 0 Å². The topological polar surface area (TPSA) is 49.3 Å². The van der Waals surface area contributed by atoms with E-state index in [1.54, 1.807) is 18.2 Å². The van der Waals surface area contributed by atoms with Crippen molar-refractivity contribution in [3.63, 3.8) is 0 Å². The van der Waals surface area contributed by atoms with E-state index in [2.05, 4.69) is 5.32 Å². The van der Waals surface area contributed by atoms with E-state index in [-0.39, 0.29) is 30.0 Å². The average molecular weight is 380 g/mol. The van der Waals surface area contributed by atoms with Gasteiger partial charge in [0, 0.05) is 22.9 Å². The van der Waals surface area contributed by atoms with Crippen LogP contribution in [0.15, 0.2) is 78.9 Å². The number of rotatable bonds is 6. The largest absolute Gasteiger partial charge is 0.508 e. The van der Waals surface area contributed by atoms with Gasteiger partial charge in [-0.25, -0.2) is 0 Å². The number of hydrogen-bond acceptors (Lipinski definition) is 2. The number of phenols is 1. The van der Waals surface area contributed by atoms with Crippen LogP contribution in [0.3, 0.4) is 0 Å². The van der Waals surface area contributed by atoms with E-state index in [1.165, 1.54) is 0 Å². The predicted molar refractivity (Wildman–Crippen MR) is 109 cm³/mol. The van der Waals surface area contributed by atoms with Gasteiger partial charge in [0.2, 0.25) is 5.91 Å². The highest BCUT2D eigenvalue weighted by molar-refractivity contribution is 6.30. The molecule has 0 spiro atoms. The second-order valence-corrected chi connectivity index (χ2v) is 7.01. The third-order valence-electron chi connectivity index (χ3n) is 4.63. The third-order valence-corrected chi connectivity index (χ3v) is 4.87. The first-order valence-electron chi connectivity index (χ1n) is 8.92. The standard InChI is InChI=1S/C23H22ClNO2/c1-16(17-8-4-2-5-9-17)25-23(27)15-20(18-10-6-3-7-11-18)21-14-19(24)12-13-22(21)26/h2-14,16,20,26H,15H2,1H3,(H,25,27). The van der Waals surface area contributed by atoms with E-state index in [4.69, 9.17) is 11.6 Å². The lowest BCUT2D eigenvalue weighted by Crippen LogP contribution is -2.28. The molecule has 138 valence electrons. The van der Waals surface area contributed by atoms with Gasteiger partial charge in [-0.05, 0) is 36.2 Å². The molecular formula is C23H22ClNO2. The number of halogens is 1. The summed E-state index contributed by atoms with van der Waals surface area (Å²) in [6, 6.07) is 24.4. The molecule has 0 aliphatic carbocycles. The molecule has 2 N–H and O–H groups in total. The molecule has 0 saturated carbocycles. The van der Waals surface area contributed by atoms with E-state index in [9.17, 15) is 9.90 Å². The maximum Gasteiger partial charge on any atom is 0.221 e. The van der Waals surface area contributed by atoms with Gasteiger partial charge in [-0.3, -0.25) is 4.79 Å². The molecule has 2 unspecified atom stereocenters. The summed E-state index contributed by atoms with van der Waals surface area (Å²) < 4.78 is 0. The van der Waals surface area contributed by atoms with Gasteiger partial charge < -0.3 is 10.4 Å². The first-order valence-corrected chi connectivity index (χ1v) is 9.30. The van der Waals surface area contributed by atoms with Crippen LogP contribution in [-0.4, -0.2) is 11.0 Å². The fourth-order valence-electron chi connectivity index (χ4n) is 3.21. The van der Waals surface area contributed by atoms with Crippen LogP contribution in [0.1, 0.15) is 42.0 Å². The molecule has 1 amide bonds. The first kappa shape index (κ1) is 19.0. The molecule has 3 aromatic rings. The van der Waals surface area contributed by atoms with E-state index < -0.39 is 0 Å². The molecule has 0 aromatic heterocycles. The maximum absolute atomic E-state index is 12.8. The molecule has 2 atom stereocenters. The van der Waals surface area contributed by atoms with Gasteiger partial charge in [-0.2, -0.15) is 0 Å². The van der Waals surface area contributed by atoms with Crippen molar-refractivity contribution in [3.8, 4) is 5.75 Å². The van der Waals surface area contributed by atoms with E-state index >= 15 is 0 Å². The highest BCUT2D eigenvalue weighted by atomic mass is 35.5. The van der Waals surface area contributed by atoms with Gasteiger partial charge in [-0.15, -0.1) is 0 Å². The van der Waals surface area contributed by atoms with Crippen LogP contribution < -0.4 is 5.32 Å². The van der Waals surface area contributed by atoms with Crippen molar-refractivity contribution in [1.82, 2.24) is 5.32 Å². The van der Waals surface area contributed by atoms with Crippen molar-refractivity contribution in [2.75, 3.05) is 0 Å². The molecule has 3 rings (SSSR count). The summed E-state index contributed by atoms with van der Waals surface area (Å²) in [6.07, 6.45) is 0.217. The molecule has 0 radical (unpaired) electrons. The second-order valence-electron chi connectivity index (χ2n) is 6.57. The zero-order valence-electron chi connectivity index (χ0n) is 15.1. The van der Waals surface area contributed by atoms with Crippen LogP contribution >= 0.6 is 11.6 Å². The van der Waals surface area contributed by atoms with E-state index in [1.807, 2.05) is 67.6 Å². The molecule has 0 saturated heterocycles. The quantitative estimate of drug-likeness (QED) is 0.598. The summed E-state index contributed by atoms with van der Waals surface area (Å²) in [6.45, 7) is 1.96. The Bertz CT molecular complexity index is 897. The van der Waals surface area contributed by atoms with Gasteiger partial charge in [0.1, 0.15) is 5.75 Å². The lowest BCUT2D eigenvalue weighted by Gasteiger charge is -2.21. The zero-order valence-corrected chi connectivity index (χ0v) is 15.9. The number of phenolic OH excluding ortho intramolecular Hbond substituents is 1. The van der Waals surface area contributed by atoms with Crippen molar-refractivity contribution in [1.29, 1.82) is 0 Å². The fourth-order valence-corrected chi connectivity index (χ4v) is 3.39. The van der Waals surface area contributed by atoms with Gasteiger partial charge >= 0.3 is 0 Å². The Morgan fingerprint density at radius 2 is 1.56 bits per heavy atom. The van der Waals surface area contributed by atoms with Gasteiger partial charge in [0.25, 0.3) is 0 Å². The molecule has 0 aliphatic rings. The molecule has 0 bridgehead atoms. The summed E-state index contributed by atoms with van der Waals surface area (Å²) in [5.41, 5.74) is 2.65. The second kappa shape index (κ2) is 8.74. The molecule has 3 nitrogen and oxygen atoms in total. The Hall–Kier alpha value is -2.78. The van der Waals surface area contributed by atoms with Crippen LogP contribution in [0.2, 0.25) is 5.02 Å². The smallest absolute Gasteiger partial charge is 0.221 e. The Labute approximate surface area is 164 Å². The predicted octanol–water partition coefficient (Wildman–Crippen LogP) is 5.45. The third kappa shape index (κ3) is 4.89. The number of amides is 1. The number of carbonyl (C=O) groups excluding carboxylic acids is 1. The Morgan fingerprint density at radius 1 is 0.963 bits per heavy atom. The fraction of sp³-hybridized carbons (Fsp3) is 0.174. The van der Waals surface area contributed by atoms with Crippen molar-refractivity contribution < 1.29 is 9.90 Å². The zero-order chi connectivity index (χ0) is 19.2. The van der Waals surface area contributed by atoms with Crippen LogP contribution in [0.25, 0.3) is 0 Å². The monoisotopic (exact) mass is 379 g/mol. The number of benzene rings is 3. The normalized spacial score (nSPS) is 13.0. The van der Waals surface area contributed by atoms with Gasteiger partial charge in [0.15, 0.2) is 0 Å². The van der Waals surface area contributed by atoms with Gasteiger partial charge in [0.05, 0.1) is 6.04 Å². The summed E-state index contributed by atoms with van der Waals surface area (Å²) in [5, 5.41) is 13.9. The highest BCUT2D eigenvalue weighted by Gasteiger charge is 2.22. The Morgan fingerprint density at radius 3 is 2.19 bits per heavy atom. The molecule has 3 aromatic carbocycles. The van der Waals surface area contributed by atoms with Crippen LogP contribution in [0, 0.1) is 0 Å². The number of nitrogens with one attached hydrogen (secondary N) is 1.